The van der Waals surface area contributed by atoms with Crippen LogP contribution in [0.15, 0.2) is 5.16 Å². The average molecular weight is 213 g/mol. The molecular formula is C10H19N3O2. The Hall–Kier alpha value is -1.26. The highest BCUT2D eigenvalue weighted by Crippen LogP contribution is 2.22. The van der Waals surface area contributed by atoms with Gasteiger partial charge >= 0.3 is 0 Å². The Morgan fingerprint density at radius 1 is 1.40 bits per heavy atom. The number of oxime groups is 1. The molecule has 1 aliphatic carbocycles. The largest absolute Gasteiger partial charge is 0.409 e. The number of carbonyl (C=O) groups excluding carboxylic acids is 1. The number of hydrogen-bond acceptors (Lipinski definition) is 3. The van der Waals surface area contributed by atoms with Gasteiger partial charge in [0.15, 0.2) is 0 Å². The zero-order chi connectivity index (χ0) is 11.1. The van der Waals surface area contributed by atoms with Gasteiger partial charge in [0.1, 0.15) is 5.84 Å². The van der Waals surface area contributed by atoms with Crippen LogP contribution in [0.1, 0.15) is 38.5 Å². The number of carbonyl (C=O) groups is 1. The van der Waals surface area contributed by atoms with E-state index in [1.165, 1.54) is 32.1 Å². The molecule has 0 bridgehead atoms. The molecule has 86 valence electrons. The van der Waals surface area contributed by atoms with E-state index in [2.05, 4.69) is 10.5 Å². The van der Waals surface area contributed by atoms with Crippen LogP contribution in [0, 0.1) is 5.92 Å². The van der Waals surface area contributed by atoms with E-state index in [4.69, 9.17) is 10.9 Å². The molecule has 0 heterocycles. The number of nitrogens with two attached hydrogens (primary N) is 1. The minimum absolute atomic E-state index is 0.0246. The van der Waals surface area contributed by atoms with E-state index in [0.29, 0.717) is 5.92 Å². The van der Waals surface area contributed by atoms with Gasteiger partial charge in [-0.2, -0.15) is 0 Å². The predicted octanol–water partition coefficient (Wildman–Crippen LogP) is 0.819. The third-order valence-corrected chi connectivity index (χ3v) is 2.78. The number of hydrogen-bond donors (Lipinski definition) is 3. The normalized spacial score (nSPS) is 18.8. The van der Waals surface area contributed by atoms with Crippen LogP contribution < -0.4 is 11.1 Å². The molecule has 0 aromatic heterocycles. The Morgan fingerprint density at radius 3 is 2.67 bits per heavy atom. The number of nitrogens with zero attached hydrogens (tertiary/aromatic N) is 1. The maximum Gasteiger partial charge on any atom is 0.227 e. The summed E-state index contributed by atoms with van der Waals surface area (Å²) < 4.78 is 0. The van der Waals surface area contributed by atoms with Gasteiger partial charge in [-0.1, -0.05) is 24.4 Å². The third kappa shape index (κ3) is 4.67. The maximum absolute atomic E-state index is 11.3. The Kier molecular flexibility index (Phi) is 4.93. The second kappa shape index (κ2) is 6.27. The third-order valence-electron chi connectivity index (χ3n) is 2.78. The number of rotatable bonds is 4. The highest BCUT2D eigenvalue weighted by Gasteiger charge is 2.14. The summed E-state index contributed by atoms with van der Waals surface area (Å²) in [5, 5.41) is 13.8. The molecule has 0 aliphatic heterocycles. The van der Waals surface area contributed by atoms with Crippen molar-refractivity contribution in [3.05, 3.63) is 0 Å². The first-order valence-corrected chi connectivity index (χ1v) is 5.45. The van der Waals surface area contributed by atoms with Crippen LogP contribution in [0.2, 0.25) is 0 Å². The fourth-order valence-corrected chi connectivity index (χ4v) is 1.91. The van der Waals surface area contributed by atoms with Gasteiger partial charge in [0, 0.05) is 6.54 Å². The molecule has 15 heavy (non-hydrogen) atoms. The summed E-state index contributed by atoms with van der Waals surface area (Å²) in [7, 11) is 0. The first kappa shape index (κ1) is 11.8. The van der Waals surface area contributed by atoms with E-state index in [0.717, 1.165) is 6.54 Å². The second-order valence-corrected chi connectivity index (χ2v) is 4.08. The van der Waals surface area contributed by atoms with Gasteiger partial charge in [-0.15, -0.1) is 0 Å². The van der Waals surface area contributed by atoms with Crippen LogP contribution in [0.5, 0.6) is 0 Å². The van der Waals surface area contributed by atoms with Crippen LogP contribution in [0.3, 0.4) is 0 Å². The standard InChI is InChI=1S/C10H19N3O2/c11-9(13-15)6-10(14)12-7-8-4-2-1-3-5-8/h8,15H,1-7H2,(H2,11,13)(H,12,14). The molecular weight excluding hydrogens is 194 g/mol. The van der Waals surface area contributed by atoms with Crippen molar-refractivity contribution in [2.45, 2.75) is 38.5 Å². The summed E-state index contributed by atoms with van der Waals surface area (Å²) >= 11 is 0. The first-order chi connectivity index (χ1) is 7.22. The van der Waals surface area contributed by atoms with Crippen molar-refractivity contribution in [3.63, 3.8) is 0 Å². The summed E-state index contributed by atoms with van der Waals surface area (Å²) in [5.74, 6) is 0.391. The first-order valence-electron chi connectivity index (χ1n) is 5.45. The smallest absolute Gasteiger partial charge is 0.227 e. The Bertz CT molecular complexity index is 235. The van der Waals surface area contributed by atoms with Gasteiger partial charge in [0.05, 0.1) is 6.42 Å². The quantitative estimate of drug-likeness (QED) is 0.279. The van der Waals surface area contributed by atoms with E-state index >= 15 is 0 Å². The molecule has 0 saturated heterocycles. The van der Waals surface area contributed by atoms with E-state index in [-0.39, 0.29) is 18.2 Å². The fraction of sp³-hybridized carbons (Fsp3) is 0.800. The lowest BCUT2D eigenvalue weighted by atomic mass is 9.89. The van der Waals surface area contributed by atoms with E-state index < -0.39 is 0 Å². The molecule has 1 rings (SSSR count). The molecule has 0 radical (unpaired) electrons. The lowest BCUT2D eigenvalue weighted by Crippen LogP contribution is -2.33. The Balaban J connectivity index is 2.15. The molecule has 0 spiro atoms. The highest BCUT2D eigenvalue weighted by molar-refractivity contribution is 5.98. The van der Waals surface area contributed by atoms with Crippen molar-refractivity contribution >= 4 is 11.7 Å². The van der Waals surface area contributed by atoms with Crippen LogP contribution in [0.4, 0.5) is 0 Å². The van der Waals surface area contributed by atoms with Gasteiger partial charge in [0.2, 0.25) is 5.91 Å². The minimum Gasteiger partial charge on any atom is -0.409 e. The second-order valence-electron chi connectivity index (χ2n) is 4.08. The summed E-state index contributed by atoms with van der Waals surface area (Å²) in [6.45, 7) is 0.720. The van der Waals surface area contributed by atoms with Crippen molar-refractivity contribution in [1.29, 1.82) is 0 Å². The van der Waals surface area contributed by atoms with E-state index in [1.807, 2.05) is 0 Å². The molecule has 0 aromatic carbocycles. The zero-order valence-electron chi connectivity index (χ0n) is 8.91. The number of nitrogens with one attached hydrogen (secondary N) is 1. The summed E-state index contributed by atoms with van der Waals surface area (Å²) in [5.41, 5.74) is 5.22. The van der Waals surface area contributed by atoms with Gasteiger partial charge in [-0.05, 0) is 18.8 Å². The topological polar surface area (TPSA) is 87.7 Å². The van der Waals surface area contributed by atoms with Crippen LogP contribution in [-0.2, 0) is 4.79 Å². The van der Waals surface area contributed by atoms with Gasteiger partial charge < -0.3 is 16.3 Å². The minimum atomic E-state index is -0.170. The van der Waals surface area contributed by atoms with Crippen LogP contribution in [-0.4, -0.2) is 23.5 Å². The van der Waals surface area contributed by atoms with Crippen molar-refractivity contribution in [3.8, 4) is 0 Å². The Morgan fingerprint density at radius 2 is 2.07 bits per heavy atom. The fourth-order valence-electron chi connectivity index (χ4n) is 1.91. The van der Waals surface area contributed by atoms with Crippen molar-refractivity contribution < 1.29 is 10.0 Å². The molecule has 0 atom stereocenters. The molecule has 5 heteroatoms. The molecule has 1 aliphatic rings. The molecule has 5 nitrogen and oxygen atoms in total. The highest BCUT2D eigenvalue weighted by atomic mass is 16.4. The van der Waals surface area contributed by atoms with Crippen molar-refractivity contribution in [2.24, 2.45) is 16.8 Å². The van der Waals surface area contributed by atoms with Gasteiger partial charge in [-0.25, -0.2) is 0 Å². The summed E-state index contributed by atoms with van der Waals surface area (Å²) in [4.78, 5) is 11.3. The lowest BCUT2D eigenvalue weighted by Gasteiger charge is -2.21. The van der Waals surface area contributed by atoms with Crippen molar-refractivity contribution in [1.82, 2.24) is 5.32 Å². The molecule has 1 amide bonds. The van der Waals surface area contributed by atoms with Gasteiger partial charge in [0.25, 0.3) is 0 Å². The predicted molar refractivity (Wildman–Crippen MR) is 57.6 cm³/mol. The number of amidine groups is 1. The zero-order valence-corrected chi connectivity index (χ0v) is 8.91. The van der Waals surface area contributed by atoms with Crippen LogP contribution in [0.25, 0.3) is 0 Å². The average Bonchev–Trinajstić information content (AvgIpc) is 2.27. The van der Waals surface area contributed by atoms with E-state index in [9.17, 15) is 4.79 Å². The van der Waals surface area contributed by atoms with Gasteiger partial charge in [-0.3, -0.25) is 4.79 Å². The summed E-state index contributed by atoms with van der Waals surface area (Å²) in [6, 6.07) is 0. The molecule has 1 saturated carbocycles. The number of amides is 1. The molecule has 4 N–H and O–H groups in total. The monoisotopic (exact) mass is 213 g/mol. The lowest BCUT2D eigenvalue weighted by molar-refractivity contribution is -0.120. The molecule has 0 aromatic rings. The summed E-state index contributed by atoms with van der Waals surface area (Å²) in [6.07, 6.45) is 6.22. The van der Waals surface area contributed by atoms with Crippen LogP contribution >= 0.6 is 0 Å². The molecule has 1 fully saturated rings. The molecule has 0 unspecified atom stereocenters. The van der Waals surface area contributed by atoms with E-state index in [1.54, 1.807) is 0 Å². The SMILES string of the molecule is N/C(CC(=O)NCC1CCCCC1)=N\O. The maximum atomic E-state index is 11.3. The Labute approximate surface area is 89.7 Å². The van der Waals surface area contributed by atoms with Crippen molar-refractivity contribution in [2.75, 3.05) is 6.54 Å².